The molecular formula is C21H19N3O4. The van der Waals surface area contributed by atoms with E-state index in [4.69, 9.17) is 13.6 Å². The zero-order valence-electron chi connectivity index (χ0n) is 15.8. The second kappa shape index (κ2) is 7.19. The van der Waals surface area contributed by atoms with Crippen molar-refractivity contribution in [1.82, 2.24) is 15.5 Å². The molecule has 0 bridgehead atoms. The predicted molar refractivity (Wildman–Crippen MR) is 103 cm³/mol. The van der Waals surface area contributed by atoms with Gasteiger partial charge in [0.2, 0.25) is 0 Å². The summed E-state index contributed by atoms with van der Waals surface area (Å²) in [5.41, 5.74) is 3.58. The average Bonchev–Trinajstić information content (AvgIpc) is 3.32. The van der Waals surface area contributed by atoms with E-state index in [0.29, 0.717) is 12.3 Å². The first-order valence-corrected chi connectivity index (χ1v) is 8.80. The Morgan fingerprint density at radius 1 is 1.11 bits per heavy atom. The number of aryl methyl sites for hydroxylation is 2. The summed E-state index contributed by atoms with van der Waals surface area (Å²) in [5, 5.41) is 11.6. The Balaban J connectivity index is 1.53. The molecule has 0 radical (unpaired) electrons. The molecule has 142 valence electrons. The Bertz CT molecular complexity index is 1160. The number of benzene rings is 2. The van der Waals surface area contributed by atoms with E-state index < -0.39 is 5.91 Å². The number of rotatable bonds is 5. The van der Waals surface area contributed by atoms with Crippen molar-refractivity contribution in [2.24, 2.45) is 0 Å². The fraction of sp³-hybridized carbons (Fsp3) is 0.190. The smallest absolute Gasteiger partial charge is 0.309 e. The fourth-order valence-electron chi connectivity index (χ4n) is 3.04. The number of nitrogens with zero attached hydrogens (tertiary/aromatic N) is 2. The molecule has 0 aliphatic heterocycles. The predicted octanol–water partition coefficient (Wildman–Crippen LogP) is 4.04. The highest BCUT2D eigenvalue weighted by Crippen LogP contribution is 2.33. The molecule has 7 nitrogen and oxygen atoms in total. The summed E-state index contributed by atoms with van der Waals surface area (Å²) < 4.78 is 16.7. The largest absolute Gasteiger partial charge is 0.497 e. The molecule has 0 spiro atoms. The van der Waals surface area contributed by atoms with Crippen molar-refractivity contribution >= 4 is 16.9 Å². The summed E-state index contributed by atoms with van der Waals surface area (Å²) in [5.74, 6) is 0.812. The number of hydrogen-bond donors (Lipinski definition) is 1. The minimum Gasteiger partial charge on any atom is -0.497 e. The van der Waals surface area contributed by atoms with Crippen LogP contribution >= 0.6 is 0 Å². The highest BCUT2D eigenvalue weighted by molar-refractivity contribution is 5.90. The van der Waals surface area contributed by atoms with E-state index in [1.54, 1.807) is 7.11 Å². The summed E-state index contributed by atoms with van der Waals surface area (Å²) in [4.78, 5) is 12.4. The number of carbonyl (C=O) groups is 1. The number of aromatic nitrogens is 2. The molecule has 0 unspecified atom stereocenters. The van der Waals surface area contributed by atoms with Crippen LogP contribution in [0.15, 0.2) is 51.3 Å². The Morgan fingerprint density at radius 2 is 1.93 bits per heavy atom. The van der Waals surface area contributed by atoms with Crippen LogP contribution in [0, 0.1) is 13.8 Å². The van der Waals surface area contributed by atoms with Gasteiger partial charge in [-0.15, -0.1) is 10.2 Å². The van der Waals surface area contributed by atoms with Gasteiger partial charge in [-0.1, -0.05) is 30.3 Å². The van der Waals surface area contributed by atoms with Crippen LogP contribution in [0.5, 0.6) is 5.75 Å². The average molecular weight is 377 g/mol. The first kappa shape index (κ1) is 17.8. The number of ether oxygens (including phenoxy) is 1. The molecule has 0 saturated heterocycles. The van der Waals surface area contributed by atoms with E-state index in [1.807, 2.05) is 56.3 Å². The van der Waals surface area contributed by atoms with E-state index in [2.05, 4.69) is 15.5 Å². The van der Waals surface area contributed by atoms with Gasteiger partial charge in [-0.2, -0.15) is 0 Å². The summed E-state index contributed by atoms with van der Waals surface area (Å²) >= 11 is 0. The maximum atomic E-state index is 12.4. The molecule has 4 rings (SSSR count). The zero-order valence-corrected chi connectivity index (χ0v) is 15.8. The number of hydrogen-bond acceptors (Lipinski definition) is 6. The van der Waals surface area contributed by atoms with Crippen molar-refractivity contribution in [2.45, 2.75) is 20.4 Å². The van der Waals surface area contributed by atoms with Gasteiger partial charge in [0.05, 0.1) is 7.11 Å². The second-order valence-corrected chi connectivity index (χ2v) is 6.45. The SMILES string of the molecule is COc1cccc(CNC(=O)c2nnc(-c3oc4c(C)cccc4c3C)o2)c1. The van der Waals surface area contributed by atoms with Gasteiger partial charge in [-0.25, -0.2) is 0 Å². The zero-order chi connectivity index (χ0) is 19.7. The van der Waals surface area contributed by atoms with Gasteiger partial charge in [0.15, 0.2) is 5.76 Å². The molecule has 0 atom stereocenters. The molecule has 2 aromatic carbocycles. The lowest BCUT2D eigenvalue weighted by molar-refractivity contribution is 0.0916. The van der Waals surface area contributed by atoms with Gasteiger partial charge >= 0.3 is 11.8 Å². The molecule has 0 fully saturated rings. The number of fused-ring (bicyclic) bond motifs is 1. The first-order valence-electron chi connectivity index (χ1n) is 8.80. The summed E-state index contributed by atoms with van der Waals surface area (Å²) in [6, 6.07) is 13.4. The molecule has 0 aliphatic rings. The van der Waals surface area contributed by atoms with Gasteiger partial charge in [-0.05, 0) is 37.1 Å². The fourth-order valence-corrected chi connectivity index (χ4v) is 3.04. The van der Waals surface area contributed by atoms with E-state index in [9.17, 15) is 4.79 Å². The third-order valence-electron chi connectivity index (χ3n) is 4.56. The van der Waals surface area contributed by atoms with Crippen molar-refractivity contribution in [2.75, 3.05) is 7.11 Å². The highest BCUT2D eigenvalue weighted by atomic mass is 16.5. The molecule has 1 N–H and O–H groups in total. The van der Waals surface area contributed by atoms with Crippen LogP contribution < -0.4 is 10.1 Å². The number of nitrogens with one attached hydrogen (secondary N) is 1. The van der Waals surface area contributed by atoms with Crippen molar-refractivity contribution in [3.8, 4) is 17.4 Å². The lowest BCUT2D eigenvalue weighted by atomic mass is 10.1. The van der Waals surface area contributed by atoms with Crippen LogP contribution in [0.4, 0.5) is 0 Å². The van der Waals surface area contributed by atoms with E-state index >= 15 is 0 Å². The van der Waals surface area contributed by atoms with Crippen LogP contribution in [0.3, 0.4) is 0 Å². The Hall–Kier alpha value is -3.61. The lowest BCUT2D eigenvalue weighted by Crippen LogP contribution is -2.23. The van der Waals surface area contributed by atoms with Gasteiger partial charge in [-0.3, -0.25) is 4.79 Å². The third-order valence-corrected chi connectivity index (χ3v) is 4.56. The quantitative estimate of drug-likeness (QED) is 0.564. The van der Waals surface area contributed by atoms with Crippen LogP contribution in [0.2, 0.25) is 0 Å². The standard InChI is InChI=1S/C21H19N3O4/c1-12-6-4-9-16-13(2)18(27-17(12)16)20-23-24-21(28-20)19(25)22-11-14-7-5-8-15(10-14)26-3/h4-10H,11H2,1-3H3,(H,22,25). The van der Waals surface area contributed by atoms with Crippen molar-refractivity contribution in [1.29, 1.82) is 0 Å². The van der Waals surface area contributed by atoms with E-state index in [-0.39, 0.29) is 11.8 Å². The number of amides is 1. The van der Waals surface area contributed by atoms with Crippen molar-refractivity contribution in [3.05, 3.63) is 65.0 Å². The maximum absolute atomic E-state index is 12.4. The maximum Gasteiger partial charge on any atom is 0.309 e. The molecule has 4 aromatic rings. The van der Waals surface area contributed by atoms with Crippen LogP contribution in [0.25, 0.3) is 22.6 Å². The molecular weight excluding hydrogens is 358 g/mol. The minimum atomic E-state index is -0.452. The molecule has 0 saturated carbocycles. The second-order valence-electron chi connectivity index (χ2n) is 6.45. The molecule has 28 heavy (non-hydrogen) atoms. The third kappa shape index (κ3) is 3.22. The molecule has 1 amide bonds. The normalized spacial score (nSPS) is 11.0. The molecule has 2 heterocycles. The number of carbonyl (C=O) groups excluding carboxylic acids is 1. The highest BCUT2D eigenvalue weighted by Gasteiger charge is 2.21. The topological polar surface area (TPSA) is 90.4 Å². The van der Waals surface area contributed by atoms with Crippen molar-refractivity contribution in [3.63, 3.8) is 0 Å². The Labute approximate surface area is 161 Å². The van der Waals surface area contributed by atoms with E-state index in [0.717, 1.165) is 33.4 Å². The van der Waals surface area contributed by atoms with Gasteiger partial charge in [0, 0.05) is 17.5 Å². The van der Waals surface area contributed by atoms with Gasteiger partial charge in [0.1, 0.15) is 11.3 Å². The van der Waals surface area contributed by atoms with Crippen molar-refractivity contribution < 1.29 is 18.4 Å². The number of furan rings is 1. The molecule has 7 heteroatoms. The Kier molecular flexibility index (Phi) is 4.57. The summed E-state index contributed by atoms with van der Waals surface area (Å²) in [7, 11) is 1.60. The Morgan fingerprint density at radius 3 is 2.71 bits per heavy atom. The summed E-state index contributed by atoms with van der Waals surface area (Å²) in [6.45, 7) is 4.21. The lowest BCUT2D eigenvalue weighted by Gasteiger charge is -2.05. The van der Waals surface area contributed by atoms with E-state index in [1.165, 1.54) is 0 Å². The first-order chi connectivity index (χ1) is 13.6. The minimum absolute atomic E-state index is 0.116. The number of para-hydroxylation sites is 1. The summed E-state index contributed by atoms with van der Waals surface area (Å²) in [6.07, 6.45) is 0. The van der Waals surface area contributed by atoms with Crippen LogP contribution in [-0.2, 0) is 6.54 Å². The molecule has 0 aliphatic carbocycles. The van der Waals surface area contributed by atoms with Crippen LogP contribution in [0.1, 0.15) is 27.4 Å². The molecule has 2 aromatic heterocycles. The van der Waals surface area contributed by atoms with Gasteiger partial charge < -0.3 is 18.9 Å². The monoisotopic (exact) mass is 377 g/mol. The van der Waals surface area contributed by atoms with Gasteiger partial charge in [0.25, 0.3) is 5.89 Å². The van der Waals surface area contributed by atoms with Crippen LogP contribution in [-0.4, -0.2) is 23.2 Å². The number of methoxy groups -OCH3 is 1.